The van der Waals surface area contributed by atoms with Gasteiger partial charge in [0.25, 0.3) is 10.0 Å². The molecular weight excluding hydrogens is 441 g/mol. The van der Waals surface area contributed by atoms with Crippen LogP contribution in [0.25, 0.3) is 0 Å². The molecule has 3 aromatic rings. The number of nitrogens with one attached hydrogen (secondary N) is 1. The molecule has 1 unspecified atom stereocenters. The van der Waals surface area contributed by atoms with E-state index in [1.807, 2.05) is 6.07 Å². The van der Waals surface area contributed by atoms with Gasteiger partial charge in [-0.25, -0.2) is 12.8 Å². The maximum atomic E-state index is 13.9. The highest BCUT2D eigenvalue weighted by Gasteiger charge is 2.23. The summed E-state index contributed by atoms with van der Waals surface area (Å²) in [6, 6.07) is 19.5. The number of sulfonamides is 1. The van der Waals surface area contributed by atoms with Gasteiger partial charge in [0.2, 0.25) is 5.91 Å². The Morgan fingerprint density at radius 3 is 2.52 bits per heavy atom. The van der Waals surface area contributed by atoms with Crippen molar-refractivity contribution in [2.75, 3.05) is 11.3 Å². The molecule has 1 aliphatic rings. The summed E-state index contributed by atoms with van der Waals surface area (Å²) in [6.07, 6.45) is 1.08. The number of hydrogen-bond donors (Lipinski definition) is 2. The van der Waals surface area contributed by atoms with E-state index in [0.29, 0.717) is 30.8 Å². The van der Waals surface area contributed by atoms with E-state index < -0.39 is 16.1 Å². The molecule has 33 heavy (non-hydrogen) atoms. The molecular formula is C25H26FN3O3S. The summed E-state index contributed by atoms with van der Waals surface area (Å²) in [7, 11) is -3.70. The number of hydrogen-bond acceptors (Lipinski definition) is 4. The highest BCUT2D eigenvalue weighted by Crippen LogP contribution is 2.25. The fourth-order valence-corrected chi connectivity index (χ4v) is 5.09. The van der Waals surface area contributed by atoms with Crippen molar-refractivity contribution in [3.8, 4) is 0 Å². The first-order valence-electron chi connectivity index (χ1n) is 10.8. The second kappa shape index (κ2) is 9.72. The minimum Gasteiger partial charge on any atom is -0.338 e. The first-order valence-corrected chi connectivity index (χ1v) is 12.3. The Kier molecular flexibility index (Phi) is 6.76. The smallest absolute Gasteiger partial charge is 0.261 e. The Balaban J connectivity index is 1.41. The lowest BCUT2D eigenvalue weighted by Crippen LogP contribution is -2.39. The number of fused-ring (bicyclic) bond motifs is 1. The highest BCUT2D eigenvalue weighted by atomic mass is 32.2. The molecule has 0 fully saturated rings. The summed E-state index contributed by atoms with van der Waals surface area (Å²) in [4.78, 5) is 14.7. The molecule has 0 radical (unpaired) electrons. The highest BCUT2D eigenvalue weighted by molar-refractivity contribution is 7.92. The van der Waals surface area contributed by atoms with Gasteiger partial charge in [-0.3, -0.25) is 9.52 Å². The fraction of sp³-hybridized carbons (Fsp3) is 0.240. The van der Waals surface area contributed by atoms with Gasteiger partial charge in [-0.2, -0.15) is 0 Å². The van der Waals surface area contributed by atoms with Crippen LogP contribution in [-0.2, 0) is 34.2 Å². The predicted molar refractivity (Wildman–Crippen MR) is 126 cm³/mol. The van der Waals surface area contributed by atoms with Crippen molar-refractivity contribution in [3.05, 3.63) is 95.3 Å². The molecule has 0 saturated carbocycles. The normalized spacial score (nSPS) is 14.4. The third-order valence-electron chi connectivity index (χ3n) is 5.75. The topological polar surface area (TPSA) is 92.5 Å². The predicted octanol–water partition coefficient (Wildman–Crippen LogP) is 3.47. The zero-order chi connectivity index (χ0) is 23.4. The summed E-state index contributed by atoms with van der Waals surface area (Å²) < 4.78 is 41.7. The number of rotatable bonds is 7. The van der Waals surface area contributed by atoms with Crippen molar-refractivity contribution in [1.29, 1.82) is 0 Å². The number of benzene rings is 3. The number of carbonyl (C=O) groups excluding carboxylic acids is 1. The molecule has 1 amide bonds. The van der Waals surface area contributed by atoms with Gasteiger partial charge in [-0.1, -0.05) is 42.5 Å². The largest absolute Gasteiger partial charge is 0.338 e. The van der Waals surface area contributed by atoms with Crippen LogP contribution < -0.4 is 10.5 Å². The van der Waals surface area contributed by atoms with Gasteiger partial charge in [0, 0.05) is 31.2 Å². The first-order chi connectivity index (χ1) is 15.8. The van der Waals surface area contributed by atoms with Gasteiger partial charge in [-0.15, -0.1) is 0 Å². The van der Waals surface area contributed by atoms with Gasteiger partial charge in [0.1, 0.15) is 5.82 Å². The molecule has 6 nitrogen and oxygen atoms in total. The average Bonchev–Trinajstić information content (AvgIpc) is 2.80. The van der Waals surface area contributed by atoms with E-state index in [1.165, 1.54) is 18.2 Å². The summed E-state index contributed by atoms with van der Waals surface area (Å²) >= 11 is 0. The van der Waals surface area contributed by atoms with E-state index in [4.69, 9.17) is 5.73 Å². The number of nitrogens with zero attached hydrogens (tertiary/aromatic N) is 1. The molecule has 1 aliphatic heterocycles. The Morgan fingerprint density at radius 1 is 1.03 bits per heavy atom. The van der Waals surface area contributed by atoms with Crippen molar-refractivity contribution in [3.63, 3.8) is 0 Å². The fourth-order valence-electron chi connectivity index (χ4n) is 4.02. The van der Waals surface area contributed by atoms with Crippen LogP contribution in [-0.4, -0.2) is 31.8 Å². The maximum Gasteiger partial charge on any atom is 0.261 e. The van der Waals surface area contributed by atoms with E-state index in [0.717, 1.165) is 11.1 Å². The van der Waals surface area contributed by atoms with Crippen LogP contribution in [0.15, 0.2) is 77.7 Å². The molecule has 1 atom stereocenters. The quantitative estimate of drug-likeness (QED) is 0.557. The monoisotopic (exact) mass is 467 g/mol. The first kappa shape index (κ1) is 22.9. The maximum absolute atomic E-state index is 13.9. The average molecular weight is 468 g/mol. The van der Waals surface area contributed by atoms with Crippen LogP contribution in [0.1, 0.15) is 23.1 Å². The van der Waals surface area contributed by atoms with E-state index in [9.17, 15) is 17.6 Å². The molecule has 0 bridgehead atoms. The molecule has 0 saturated heterocycles. The standard InChI is InChI=1S/C25H26FN3O3S/c26-24-9-5-4-6-19(24)14-21(27)16-25(30)29-13-12-18-10-11-22(15-20(18)17-29)28-33(31,32)23-7-2-1-3-8-23/h1-11,15,21,28H,12-14,16-17,27H2. The van der Waals surface area contributed by atoms with Crippen molar-refractivity contribution < 1.29 is 17.6 Å². The molecule has 1 heterocycles. The summed E-state index contributed by atoms with van der Waals surface area (Å²) in [5.74, 6) is -0.419. The van der Waals surface area contributed by atoms with Crippen LogP contribution in [0.3, 0.4) is 0 Å². The number of halogens is 1. The molecule has 172 valence electrons. The zero-order valence-corrected chi connectivity index (χ0v) is 18.9. The lowest BCUT2D eigenvalue weighted by atomic mass is 9.98. The Labute approximate surface area is 193 Å². The van der Waals surface area contributed by atoms with Gasteiger partial charge in [-0.05, 0) is 59.9 Å². The number of nitrogens with two attached hydrogens (primary N) is 1. The molecule has 8 heteroatoms. The molecule has 0 aromatic heterocycles. The van der Waals surface area contributed by atoms with Crippen LogP contribution >= 0.6 is 0 Å². The molecule has 3 N–H and O–H groups in total. The van der Waals surface area contributed by atoms with E-state index >= 15 is 0 Å². The van der Waals surface area contributed by atoms with Crippen LogP contribution in [0, 0.1) is 5.82 Å². The van der Waals surface area contributed by atoms with E-state index in [-0.39, 0.29) is 29.5 Å². The Morgan fingerprint density at radius 2 is 1.76 bits per heavy atom. The number of carbonyl (C=O) groups is 1. The van der Waals surface area contributed by atoms with E-state index in [1.54, 1.807) is 53.4 Å². The lowest BCUT2D eigenvalue weighted by molar-refractivity contribution is -0.132. The van der Waals surface area contributed by atoms with Crippen LogP contribution in [0.4, 0.5) is 10.1 Å². The summed E-state index contributed by atoms with van der Waals surface area (Å²) in [5.41, 5.74) is 9.05. The SMILES string of the molecule is NC(CC(=O)N1CCc2ccc(NS(=O)(=O)c3ccccc3)cc2C1)Cc1ccccc1F. The van der Waals surface area contributed by atoms with Gasteiger partial charge >= 0.3 is 0 Å². The number of anilines is 1. The Bertz CT molecular complexity index is 1250. The second-order valence-electron chi connectivity index (χ2n) is 8.23. The van der Waals surface area contributed by atoms with Crippen LogP contribution in [0.5, 0.6) is 0 Å². The zero-order valence-electron chi connectivity index (χ0n) is 18.1. The number of amides is 1. The third kappa shape index (κ3) is 5.58. The summed E-state index contributed by atoms with van der Waals surface area (Å²) in [5, 5.41) is 0. The Hall–Kier alpha value is -3.23. The molecule has 0 aliphatic carbocycles. The third-order valence-corrected chi connectivity index (χ3v) is 7.15. The van der Waals surface area contributed by atoms with Gasteiger partial charge in [0.05, 0.1) is 4.90 Å². The van der Waals surface area contributed by atoms with Crippen molar-refractivity contribution in [2.45, 2.75) is 36.7 Å². The second-order valence-corrected chi connectivity index (χ2v) is 9.91. The molecule has 4 rings (SSSR count). The van der Waals surface area contributed by atoms with Crippen molar-refractivity contribution in [1.82, 2.24) is 4.90 Å². The lowest BCUT2D eigenvalue weighted by Gasteiger charge is -2.30. The van der Waals surface area contributed by atoms with Gasteiger partial charge < -0.3 is 10.6 Å². The minimum atomic E-state index is -3.70. The van der Waals surface area contributed by atoms with Gasteiger partial charge in [0.15, 0.2) is 0 Å². The molecule has 0 spiro atoms. The van der Waals surface area contributed by atoms with E-state index in [2.05, 4.69) is 4.72 Å². The van der Waals surface area contributed by atoms with Crippen molar-refractivity contribution >= 4 is 21.6 Å². The molecule has 3 aromatic carbocycles. The van der Waals surface area contributed by atoms with Crippen LogP contribution in [0.2, 0.25) is 0 Å². The summed E-state index contributed by atoms with van der Waals surface area (Å²) in [6.45, 7) is 0.939. The van der Waals surface area contributed by atoms with Crippen molar-refractivity contribution in [2.24, 2.45) is 5.73 Å². The minimum absolute atomic E-state index is 0.0974.